The van der Waals surface area contributed by atoms with Crippen molar-refractivity contribution in [3.05, 3.63) is 33.8 Å². The van der Waals surface area contributed by atoms with Crippen LogP contribution in [0, 0.1) is 0 Å². The highest BCUT2D eigenvalue weighted by Gasteiger charge is 2.12. The van der Waals surface area contributed by atoms with Gasteiger partial charge in [-0.25, -0.2) is 0 Å². The van der Waals surface area contributed by atoms with Crippen molar-refractivity contribution in [2.24, 2.45) is 4.99 Å². The molecule has 0 aliphatic carbocycles. The quantitative estimate of drug-likeness (QED) is 0.285. The Hall–Kier alpha value is -0.730. The van der Waals surface area contributed by atoms with E-state index >= 15 is 0 Å². The molecule has 1 atom stereocenters. The van der Waals surface area contributed by atoms with Crippen molar-refractivity contribution in [1.82, 2.24) is 10.6 Å². The van der Waals surface area contributed by atoms with Crippen LogP contribution in [-0.4, -0.2) is 32.1 Å². The highest BCUT2D eigenvalue weighted by Crippen LogP contribution is 2.25. The zero-order valence-electron chi connectivity index (χ0n) is 13.4. The molecule has 1 rings (SSSR count). The molecule has 23 heavy (non-hydrogen) atoms. The molecular formula is C15H22Cl2IN3O2. The third-order valence-electron chi connectivity index (χ3n) is 2.94. The molecule has 1 aromatic carbocycles. The number of carbonyl (C=O) groups is 1. The van der Waals surface area contributed by atoms with Gasteiger partial charge >= 0.3 is 5.97 Å². The predicted octanol–water partition coefficient (Wildman–Crippen LogP) is 3.79. The first kappa shape index (κ1) is 22.3. The van der Waals surface area contributed by atoms with Crippen molar-refractivity contribution in [3.63, 3.8) is 0 Å². The van der Waals surface area contributed by atoms with Crippen LogP contribution >= 0.6 is 47.2 Å². The van der Waals surface area contributed by atoms with Gasteiger partial charge < -0.3 is 15.4 Å². The Morgan fingerprint density at radius 2 is 2.09 bits per heavy atom. The molecule has 0 aromatic heterocycles. The number of guanidine groups is 1. The van der Waals surface area contributed by atoms with E-state index < -0.39 is 0 Å². The molecule has 0 saturated heterocycles. The van der Waals surface area contributed by atoms with Gasteiger partial charge in [-0.3, -0.25) is 9.79 Å². The van der Waals surface area contributed by atoms with Gasteiger partial charge in [0.2, 0.25) is 0 Å². The van der Waals surface area contributed by atoms with Gasteiger partial charge in [-0.1, -0.05) is 29.3 Å². The molecule has 0 radical (unpaired) electrons. The van der Waals surface area contributed by atoms with Crippen LogP contribution < -0.4 is 10.6 Å². The zero-order chi connectivity index (χ0) is 16.5. The van der Waals surface area contributed by atoms with E-state index in [9.17, 15) is 4.79 Å². The largest absolute Gasteiger partial charge is 0.469 e. The number of hydrogen-bond acceptors (Lipinski definition) is 3. The summed E-state index contributed by atoms with van der Waals surface area (Å²) in [6.45, 7) is 5.01. The number of nitrogens with one attached hydrogen (secondary N) is 2. The van der Waals surface area contributed by atoms with Crippen LogP contribution in [0.25, 0.3) is 0 Å². The Morgan fingerprint density at radius 1 is 1.39 bits per heavy atom. The minimum absolute atomic E-state index is 0. The van der Waals surface area contributed by atoms with Crippen LogP contribution in [0.3, 0.4) is 0 Å². The highest BCUT2D eigenvalue weighted by atomic mass is 127. The second kappa shape index (κ2) is 11.8. The lowest BCUT2D eigenvalue weighted by atomic mass is 10.1. The fraction of sp³-hybridized carbons (Fsp3) is 0.467. The number of aliphatic imine (C=N–C) groups is 1. The number of benzene rings is 1. The van der Waals surface area contributed by atoms with Gasteiger partial charge in [0, 0.05) is 16.6 Å². The van der Waals surface area contributed by atoms with Gasteiger partial charge in [0.25, 0.3) is 0 Å². The van der Waals surface area contributed by atoms with E-state index in [0.717, 1.165) is 5.56 Å². The maximum Gasteiger partial charge on any atom is 0.307 e. The smallest absolute Gasteiger partial charge is 0.307 e. The average Bonchev–Trinajstić information content (AvgIpc) is 2.46. The number of rotatable bonds is 6. The molecule has 8 heteroatoms. The second-order valence-electron chi connectivity index (χ2n) is 4.62. The highest BCUT2D eigenvalue weighted by molar-refractivity contribution is 14.0. The Labute approximate surface area is 164 Å². The van der Waals surface area contributed by atoms with Crippen LogP contribution in [0.4, 0.5) is 0 Å². The number of methoxy groups -OCH3 is 1. The molecule has 1 aromatic rings. The first-order valence-corrected chi connectivity index (χ1v) is 7.80. The van der Waals surface area contributed by atoms with Crippen molar-refractivity contribution in [1.29, 1.82) is 0 Å². The summed E-state index contributed by atoms with van der Waals surface area (Å²) in [5.74, 6) is 0.332. The van der Waals surface area contributed by atoms with E-state index in [1.807, 2.05) is 19.9 Å². The van der Waals surface area contributed by atoms with Crippen molar-refractivity contribution < 1.29 is 9.53 Å². The summed E-state index contributed by atoms with van der Waals surface area (Å²) in [5.41, 5.74) is 0.921. The van der Waals surface area contributed by atoms with Gasteiger partial charge in [0.15, 0.2) is 5.96 Å². The van der Waals surface area contributed by atoms with Crippen LogP contribution in [0.5, 0.6) is 0 Å². The molecule has 0 heterocycles. The lowest BCUT2D eigenvalue weighted by Gasteiger charge is -2.19. The fourth-order valence-corrected chi connectivity index (χ4v) is 2.39. The second-order valence-corrected chi connectivity index (χ2v) is 5.46. The molecule has 0 saturated carbocycles. The zero-order valence-corrected chi connectivity index (χ0v) is 17.2. The lowest BCUT2D eigenvalue weighted by Crippen LogP contribution is -2.39. The van der Waals surface area contributed by atoms with Crippen molar-refractivity contribution in [3.8, 4) is 0 Å². The number of ether oxygens (including phenoxy) is 1. The predicted molar refractivity (Wildman–Crippen MR) is 106 cm³/mol. The first-order chi connectivity index (χ1) is 10.5. The molecule has 2 N–H and O–H groups in total. The standard InChI is InChI=1S/C15H21Cl2N3O2.HI/c1-4-18-15(19-8-7-14(21)22-3)20-10(2)12-6-5-11(16)9-13(12)17;/h5-6,9-10H,4,7-8H2,1-3H3,(H2,18,19,20);1H. The number of nitrogens with zero attached hydrogens (tertiary/aromatic N) is 1. The Bertz CT molecular complexity index is 541. The van der Waals surface area contributed by atoms with E-state index in [4.69, 9.17) is 23.2 Å². The molecular weight excluding hydrogens is 452 g/mol. The Kier molecular flexibility index (Phi) is 11.4. The summed E-state index contributed by atoms with van der Waals surface area (Å²) in [5, 5.41) is 7.56. The molecule has 0 fully saturated rings. The van der Waals surface area contributed by atoms with E-state index in [-0.39, 0.29) is 42.4 Å². The Morgan fingerprint density at radius 3 is 2.65 bits per heavy atom. The third kappa shape index (κ3) is 8.08. The van der Waals surface area contributed by atoms with Crippen molar-refractivity contribution in [2.75, 3.05) is 20.2 Å². The lowest BCUT2D eigenvalue weighted by molar-refractivity contribution is -0.140. The molecule has 0 spiro atoms. The normalized spacial score (nSPS) is 12.1. The number of hydrogen-bond donors (Lipinski definition) is 2. The number of halogens is 3. The summed E-state index contributed by atoms with van der Waals surface area (Å²) in [4.78, 5) is 15.4. The third-order valence-corrected chi connectivity index (χ3v) is 3.50. The molecule has 1 unspecified atom stereocenters. The molecule has 5 nitrogen and oxygen atoms in total. The molecule has 130 valence electrons. The fourth-order valence-electron chi connectivity index (χ4n) is 1.82. The minimum atomic E-state index is -0.284. The number of esters is 1. The monoisotopic (exact) mass is 473 g/mol. The Balaban J connectivity index is 0.00000484. The molecule has 0 bridgehead atoms. The van der Waals surface area contributed by atoms with Gasteiger partial charge in [-0.2, -0.15) is 0 Å². The summed E-state index contributed by atoms with van der Waals surface area (Å²) in [6, 6.07) is 5.32. The minimum Gasteiger partial charge on any atom is -0.469 e. The maximum atomic E-state index is 11.1. The van der Waals surface area contributed by atoms with Crippen LogP contribution in [0.2, 0.25) is 10.0 Å². The van der Waals surface area contributed by atoms with Gasteiger partial charge in [-0.15, -0.1) is 24.0 Å². The van der Waals surface area contributed by atoms with E-state index in [2.05, 4.69) is 20.4 Å². The average molecular weight is 474 g/mol. The maximum absolute atomic E-state index is 11.1. The summed E-state index contributed by atoms with van der Waals surface area (Å²) in [6.07, 6.45) is 0.239. The summed E-state index contributed by atoms with van der Waals surface area (Å²) < 4.78 is 4.59. The topological polar surface area (TPSA) is 62.7 Å². The van der Waals surface area contributed by atoms with Crippen molar-refractivity contribution in [2.45, 2.75) is 26.3 Å². The van der Waals surface area contributed by atoms with Crippen LogP contribution in [-0.2, 0) is 9.53 Å². The molecule has 0 aliphatic rings. The van der Waals surface area contributed by atoms with E-state index in [1.165, 1.54) is 7.11 Å². The van der Waals surface area contributed by atoms with Gasteiger partial charge in [0.1, 0.15) is 0 Å². The summed E-state index contributed by atoms with van der Waals surface area (Å²) in [7, 11) is 1.36. The van der Waals surface area contributed by atoms with Crippen LogP contribution in [0.1, 0.15) is 31.9 Å². The van der Waals surface area contributed by atoms with E-state index in [1.54, 1.807) is 12.1 Å². The molecule has 0 aliphatic heterocycles. The molecule has 0 amide bonds. The van der Waals surface area contributed by atoms with Gasteiger partial charge in [-0.05, 0) is 31.5 Å². The van der Waals surface area contributed by atoms with E-state index in [0.29, 0.717) is 29.1 Å². The number of carbonyl (C=O) groups excluding carboxylic acids is 1. The first-order valence-electron chi connectivity index (χ1n) is 7.04. The van der Waals surface area contributed by atoms with Crippen LogP contribution in [0.15, 0.2) is 23.2 Å². The van der Waals surface area contributed by atoms with Gasteiger partial charge in [0.05, 0.1) is 26.1 Å². The van der Waals surface area contributed by atoms with Crippen molar-refractivity contribution >= 4 is 59.1 Å². The SMILES string of the molecule is CCNC(=NCCC(=O)OC)NC(C)c1ccc(Cl)cc1Cl.I. The summed E-state index contributed by atoms with van der Waals surface area (Å²) >= 11 is 12.1.